The van der Waals surface area contributed by atoms with Gasteiger partial charge in [-0.25, -0.2) is 4.79 Å². The summed E-state index contributed by atoms with van der Waals surface area (Å²) in [5, 5.41) is 5.24. The number of carbonyl (C=O) groups is 3. The smallest absolute Gasteiger partial charge is 0.355 e. The Morgan fingerprint density at radius 3 is 2.34 bits per heavy atom. The van der Waals surface area contributed by atoms with Crippen LogP contribution in [-0.4, -0.2) is 24.4 Å². The fourth-order valence-electron chi connectivity index (χ4n) is 2.71. The van der Waals surface area contributed by atoms with Gasteiger partial charge in [0.25, 0.3) is 5.91 Å². The van der Waals surface area contributed by atoms with Crippen LogP contribution in [0.4, 0.5) is 5.69 Å². The van der Waals surface area contributed by atoms with E-state index in [0.717, 1.165) is 17.5 Å². The van der Waals surface area contributed by atoms with Crippen LogP contribution in [0.5, 0.6) is 0 Å². The molecule has 0 aliphatic carbocycles. The number of ether oxygens (including phenoxy) is 1. The number of rotatable bonds is 8. The van der Waals surface area contributed by atoms with E-state index in [1.165, 1.54) is 13.0 Å². The van der Waals surface area contributed by atoms with E-state index in [2.05, 4.69) is 24.5 Å². The molecule has 2 aromatic rings. The largest absolute Gasteiger partial charge is 0.451 e. The van der Waals surface area contributed by atoms with Gasteiger partial charge >= 0.3 is 5.97 Å². The monoisotopic (exact) mass is 394 g/mol. The predicted molar refractivity (Wildman–Crippen MR) is 113 cm³/mol. The molecule has 6 nitrogen and oxygen atoms in total. The zero-order valence-corrected chi connectivity index (χ0v) is 16.9. The van der Waals surface area contributed by atoms with E-state index in [1.807, 2.05) is 42.5 Å². The molecule has 0 saturated heterocycles. The molecule has 2 amide bonds. The Kier molecular flexibility index (Phi) is 8.15. The molecular formula is C23H26N2O4. The summed E-state index contributed by atoms with van der Waals surface area (Å²) >= 11 is 0. The molecule has 0 fully saturated rings. The molecule has 0 unspecified atom stereocenters. The summed E-state index contributed by atoms with van der Waals surface area (Å²) in [6.07, 6.45) is 2.44. The second-order valence-electron chi connectivity index (χ2n) is 6.67. The van der Waals surface area contributed by atoms with Gasteiger partial charge < -0.3 is 15.4 Å². The van der Waals surface area contributed by atoms with E-state index in [1.54, 1.807) is 12.1 Å². The van der Waals surface area contributed by atoms with Gasteiger partial charge in [-0.05, 0) is 35.6 Å². The van der Waals surface area contributed by atoms with E-state index in [9.17, 15) is 14.4 Å². The van der Waals surface area contributed by atoms with Crippen molar-refractivity contribution in [1.82, 2.24) is 5.32 Å². The second kappa shape index (κ2) is 10.8. The van der Waals surface area contributed by atoms with E-state index < -0.39 is 24.4 Å². The van der Waals surface area contributed by atoms with E-state index in [4.69, 9.17) is 4.74 Å². The van der Waals surface area contributed by atoms with Gasteiger partial charge in [0, 0.05) is 12.6 Å². The van der Waals surface area contributed by atoms with Gasteiger partial charge in [-0.15, -0.1) is 0 Å². The average molecular weight is 394 g/mol. The van der Waals surface area contributed by atoms with Crippen molar-refractivity contribution in [3.05, 3.63) is 71.4 Å². The van der Waals surface area contributed by atoms with Crippen LogP contribution in [0.3, 0.4) is 0 Å². The molecule has 0 bridgehead atoms. The zero-order valence-electron chi connectivity index (χ0n) is 16.9. The molecule has 0 radical (unpaired) electrons. The first-order valence-corrected chi connectivity index (χ1v) is 9.51. The van der Waals surface area contributed by atoms with Crippen LogP contribution >= 0.6 is 0 Å². The number of esters is 1. The molecule has 6 heteroatoms. The molecule has 0 aliphatic heterocycles. The van der Waals surface area contributed by atoms with Crippen molar-refractivity contribution in [2.45, 2.75) is 33.1 Å². The summed E-state index contributed by atoms with van der Waals surface area (Å²) in [7, 11) is 0. The quantitative estimate of drug-likeness (QED) is 0.526. The Hall–Kier alpha value is -3.41. The van der Waals surface area contributed by atoms with Crippen molar-refractivity contribution in [3.8, 4) is 0 Å². The number of hydrogen-bond acceptors (Lipinski definition) is 4. The highest BCUT2D eigenvalue weighted by Gasteiger charge is 2.16. The van der Waals surface area contributed by atoms with Gasteiger partial charge in [-0.2, -0.15) is 0 Å². The molecule has 29 heavy (non-hydrogen) atoms. The van der Waals surface area contributed by atoms with Crippen molar-refractivity contribution < 1.29 is 19.1 Å². The maximum atomic E-state index is 12.4. The first-order valence-electron chi connectivity index (χ1n) is 9.51. The lowest BCUT2D eigenvalue weighted by Gasteiger charge is -2.15. The lowest BCUT2D eigenvalue weighted by Crippen LogP contribution is -2.29. The fraction of sp³-hybridized carbons (Fsp3) is 0.261. The van der Waals surface area contributed by atoms with Gasteiger partial charge in [-0.1, -0.05) is 62.4 Å². The topological polar surface area (TPSA) is 84.5 Å². The highest BCUT2D eigenvalue weighted by Crippen LogP contribution is 2.26. The lowest BCUT2D eigenvalue weighted by atomic mass is 9.97. The van der Waals surface area contributed by atoms with Crippen LogP contribution in [0.15, 0.2) is 60.3 Å². The number of benzene rings is 2. The molecule has 2 N–H and O–H groups in total. The van der Waals surface area contributed by atoms with Gasteiger partial charge in [0.2, 0.25) is 5.91 Å². The predicted octanol–water partition coefficient (Wildman–Crippen LogP) is 3.86. The maximum absolute atomic E-state index is 12.4. The highest BCUT2D eigenvalue weighted by molar-refractivity contribution is 5.99. The van der Waals surface area contributed by atoms with E-state index in [-0.39, 0.29) is 11.6 Å². The molecule has 1 atom stereocenters. The third-order valence-electron chi connectivity index (χ3n) is 4.35. The molecule has 0 aliphatic rings. The van der Waals surface area contributed by atoms with Crippen LogP contribution < -0.4 is 10.6 Å². The molecule has 2 aromatic carbocycles. The molecule has 2 rings (SSSR count). The number of nitrogens with one attached hydrogen (secondary N) is 2. The second-order valence-corrected chi connectivity index (χ2v) is 6.67. The lowest BCUT2D eigenvalue weighted by molar-refractivity contribution is -0.144. The number of anilines is 1. The van der Waals surface area contributed by atoms with Crippen molar-refractivity contribution >= 4 is 29.5 Å². The van der Waals surface area contributed by atoms with Crippen molar-refractivity contribution in [3.63, 3.8) is 0 Å². The summed E-state index contributed by atoms with van der Waals surface area (Å²) in [6, 6.07) is 16.6. The Balaban J connectivity index is 2.03. The summed E-state index contributed by atoms with van der Waals surface area (Å²) in [5.74, 6) is -1.35. The van der Waals surface area contributed by atoms with Gasteiger partial charge in [0.1, 0.15) is 5.70 Å². The Morgan fingerprint density at radius 1 is 1.03 bits per heavy atom. The molecule has 0 heterocycles. The third kappa shape index (κ3) is 6.92. The summed E-state index contributed by atoms with van der Waals surface area (Å²) in [6.45, 7) is 5.00. The first kappa shape index (κ1) is 21.9. The van der Waals surface area contributed by atoms with Crippen molar-refractivity contribution in [2.24, 2.45) is 0 Å². The SMILES string of the molecule is CC[C@@H](C)c1ccccc1NC(=O)COC(=O)/C(=C/c1ccccc1)NC(C)=O. The van der Waals surface area contributed by atoms with E-state index in [0.29, 0.717) is 5.69 Å². The normalized spacial score (nSPS) is 12.0. The van der Waals surface area contributed by atoms with Crippen molar-refractivity contribution in [2.75, 3.05) is 11.9 Å². The molecule has 152 valence electrons. The fourth-order valence-corrected chi connectivity index (χ4v) is 2.71. The van der Waals surface area contributed by atoms with Gasteiger partial charge in [0.05, 0.1) is 0 Å². The van der Waals surface area contributed by atoms with Crippen LogP contribution in [0.25, 0.3) is 6.08 Å². The zero-order chi connectivity index (χ0) is 21.2. The number of para-hydroxylation sites is 1. The molecular weight excluding hydrogens is 368 g/mol. The van der Waals surface area contributed by atoms with Crippen molar-refractivity contribution in [1.29, 1.82) is 0 Å². The average Bonchev–Trinajstić information content (AvgIpc) is 2.71. The molecule has 0 aromatic heterocycles. The summed E-state index contributed by atoms with van der Waals surface area (Å²) in [5.41, 5.74) is 2.42. The number of hydrogen-bond donors (Lipinski definition) is 2. The minimum absolute atomic E-state index is 0.0310. The summed E-state index contributed by atoms with van der Waals surface area (Å²) < 4.78 is 5.10. The minimum atomic E-state index is -0.783. The Labute approximate surface area is 171 Å². The molecule has 0 saturated carbocycles. The standard InChI is InChI=1S/C23H26N2O4/c1-4-16(2)19-12-8-9-13-20(19)25-22(27)15-29-23(28)21(24-17(3)26)14-18-10-6-5-7-11-18/h5-14,16H,4,15H2,1-3H3,(H,24,26)(H,25,27)/b21-14-/t16-/m1/s1. The minimum Gasteiger partial charge on any atom is -0.451 e. The van der Waals surface area contributed by atoms with Crippen LogP contribution in [0.2, 0.25) is 0 Å². The van der Waals surface area contributed by atoms with Crippen LogP contribution in [-0.2, 0) is 19.1 Å². The van der Waals surface area contributed by atoms with Crippen LogP contribution in [0.1, 0.15) is 44.2 Å². The van der Waals surface area contributed by atoms with E-state index >= 15 is 0 Å². The number of carbonyl (C=O) groups excluding carboxylic acids is 3. The number of amides is 2. The highest BCUT2D eigenvalue weighted by atomic mass is 16.5. The first-order chi connectivity index (χ1) is 13.9. The summed E-state index contributed by atoms with van der Waals surface area (Å²) in [4.78, 5) is 36.1. The van der Waals surface area contributed by atoms with Crippen LogP contribution in [0, 0.1) is 0 Å². The molecule has 0 spiro atoms. The third-order valence-corrected chi connectivity index (χ3v) is 4.35. The maximum Gasteiger partial charge on any atom is 0.355 e. The van der Waals surface area contributed by atoms with Gasteiger partial charge in [-0.3, -0.25) is 9.59 Å². The Morgan fingerprint density at radius 2 is 1.69 bits per heavy atom. The Bertz CT molecular complexity index is 891. The van der Waals surface area contributed by atoms with Gasteiger partial charge in [0.15, 0.2) is 6.61 Å².